The van der Waals surface area contributed by atoms with E-state index in [0.29, 0.717) is 18.4 Å². The number of aromatic nitrogens is 2. The molecule has 0 unspecified atom stereocenters. The van der Waals surface area contributed by atoms with E-state index in [-0.39, 0.29) is 0 Å². The molecule has 2 aromatic rings. The van der Waals surface area contributed by atoms with E-state index in [0.717, 1.165) is 29.1 Å². The molecule has 104 valence electrons. The van der Waals surface area contributed by atoms with Gasteiger partial charge in [0.25, 0.3) is 0 Å². The SMILES string of the molecule is CCNc1nc(N(CCC#N)C2CC2)c2ccsc2n1. The summed E-state index contributed by atoms with van der Waals surface area (Å²) in [6, 6.07) is 4.85. The predicted molar refractivity (Wildman–Crippen MR) is 82.2 cm³/mol. The third-order valence-electron chi connectivity index (χ3n) is 3.36. The van der Waals surface area contributed by atoms with Crippen LogP contribution in [0.15, 0.2) is 11.4 Å². The summed E-state index contributed by atoms with van der Waals surface area (Å²) in [5, 5.41) is 15.2. The van der Waals surface area contributed by atoms with Crippen LogP contribution in [0, 0.1) is 11.3 Å². The number of nitrogens with zero attached hydrogens (tertiary/aromatic N) is 4. The molecule has 6 heteroatoms. The summed E-state index contributed by atoms with van der Waals surface area (Å²) in [7, 11) is 0. The van der Waals surface area contributed by atoms with Crippen LogP contribution in [0.4, 0.5) is 11.8 Å². The van der Waals surface area contributed by atoms with Crippen molar-refractivity contribution >= 4 is 33.3 Å². The van der Waals surface area contributed by atoms with Gasteiger partial charge in [0.15, 0.2) is 0 Å². The predicted octanol–water partition coefficient (Wildman–Crippen LogP) is 3.01. The molecule has 1 N–H and O–H groups in total. The maximum Gasteiger partial charge on any atom is 0.226 e. The second-order valence-corrected chi connectivity index (χ2v) is 5.77. The second-order valence-electron chi connectivity index (χ2n) is 4.87. The van der Waals surface area contributed by atoms with Crippen LogP contribution in [0.25, 0.3) is 10.2 Å². The molecule has 20 heavy (non-hydrogen) atoms. The van der Waals surface area contributed by atoms with Crippen LogP contribution in [0.1, 0.15) is 26.2 Å². The van der Waals surface area contributed by atoms with Crippen molar-refractivity contribution < 1.29 is 0 Å². The fourth-order valence-corrected chi connectivity index (χ4v) is 3.07. The van der Waals surface area contributed by atoms with Crippen molar-refractivity contribution in [3.05, 3.63) is 11.4 Å². The molecule has 0 aromatic carbocycles. The van der Waals surface area contributed by atoms with E-state index >= 15 is 0 Å². The summed E-state index contributed by atoms with van der Waals surface area (Å²) in [5.74, 6) is 1.66. The number of thiophene rings is 1. The average molecular weight is 287 g/mol. The lowest BCUT2D eigenvalue weighted by Crippen LogP contribution is -2.28. The van der Waals surface area contributed by atoms with Crippen LogP contribution >= 0.6 is 11.3 Å². The highest BCUT2D eigenvalue weighted by Crippen LogP contribution is 2.36. The molecule has 0 amide bonds. The molecule has 1 fully saturated rings. The van der Waals surface area contributed by atoms with Gasteiger partial charge in [0, 0.05) is 19.1 Å². The van der Waals surface area contributed by atoms with Crippen molar-refractivity contribution in [3.8, 4) is 6.07 Å². The number of anilines is 2. The molecular formula is C14H17N5S. The Bertz CT molecular complexity index is 641. The van der Waals surface area contributed by atoms with Crippen molar-refractivity contribution in [2.75, 3.05) is 23.3 Å². The second kappa shape index (κ2) is 5.63. The number of nitrogens with one attached hydrogen (secondary N) is 1. The van der Waals surface area contributed by atoms with Gasteiger partial charge in [0.2, 0.25) is 5.95 Å². The first-order valence-electron chi connectivity index (χ1n) is 6.96. The molecule has 1 saturated carbocycles. The maximum absolute atomic E-state index is 8.86. The number of hydrogen-bond donors (Lipinski definition) is 1. The molecule has 0 radical (unpaired) electrons. The van der Waals surface area contributed by atoms with E-state index in [1.54, 1.807) is 11.3 Å². The minimum atomic E-state index is 0.530. The zero-order chi connectivity index (χ0) is 13.9. The zero-order valence-corrected chi connectivity index (χ0v) is 12.3. The van der Waals surface area contributed by atoms with Crippen molar-refractivity contribution in [2.45, 2.75) is 32.2 Å². The summed E-state index contributed by atoms with van der Waals surface area (Å²) >= 11 is 1.63. The fraction of sp³-hybridized carbons (Fsp3) is 0.500. The highest BCUT2D eigenvalue weighted by molar-refractivity contribution is 7.16. The van der Waals surface area contributed by atoms with Crippen molar-refractivity contribution in [1.82, 2.24) is 9.97 Å². The van der Waals surface area contributed by atoms with Gasteiger partial charge in [-0.25, -0.2) is 4.98 Å². The van der Waals surface area contributed by atoms with Gasteiger partial charge in [0.05, 0.1) is 17.9 Å². The third-order valence-corrected chi connectivity index (χ3v) is 4.17. The van der Waals surface area contributed by atoms with Gasteiger partial charge in [0.1, 0.15) is 10.6 Å². The van der Waals surface area contributed by atoms with Crippen LogP contribution in [0.2, 0.25) is 0 Å². The van der Waals surface area contributed by atoms with Crippen molar-refractivity contribution in [2.24, 2.45) is 0 Å². The molecule has 0 spiro atoms. The molecule has 2 heterocycles. The summed E-state index contributed by atoms with van der Waals surface area (Å²) in [6.07, 6.45) is 2.91. The number of hydrogen-bond acceptors (Lipinski definition) is 6. The van der Waals surface area contributed by atoms with Crippen LogP contribution in [0.5, 0.6) is 0 Å². The van der Waals surface area contributed by atoms with Crippen LogP contribution < -0.4 is 10.2 Å². The van der Waals surface area contributed by atoms with Gasteiger partial charge < -0.3 is 10.2 Å². The van der Waals surface area contributed by atoms with Crippen LogP contribution in [-0.2, 0) is 0 Å². The van der Waals surface area contributed by atoms with Crippen molar-refractivity contribution in [1.29, 1.82) is 5.26 Å². The Morgan fingerprint density at radius 1 is 1.50 bits per heavy atom. The Morgan fingerprint density at radius 3 is 3.05 bits per heavy atom. The Morgan fingerprint density at radius 2 is 2.35 bits per heavy atom. The normalized spacial score (nSPS) is 14.2. The first kappa shape index (κ1) is 13.1. The highest BCUT2D eigenvalue weighted by Gasteiger charge is 2.31. The Balaban J connectivity index is 2.02. The fourth-order valence-electron chi connectivity index (χ4n) is 2.31. The first-order chi connectivity index (χ1) is 9.83. The van der Waals surface area contributed by atoms with Crippen molar-refractivity contribution in [3.63, 3.8) is 0 Å². The molecule has 0 atom stereocenters. The topological polar surface area (TPSA) is 64.8 Å². The lowest BCUT2D eigenvalue weighted by Gasteiger charge is -2.23. The monoisotopic (exact) mass is 287 g/mol. The standard InChI is InChI=1S/C14H17N5S/c1-2-16-14-17-12(11-6-9-20-13(11)18-14)19(8-3-7-15)10-4-5-10/h6,9-10H,2-5,8H2,1H3,(H,16,17,18). The first-order valence-corrected chi connectivity index (χ1v) is 7.84. The molecular weight excluding hydrogens is 270 g/mol. The summed E-state index contributed by atoms with van der Waals surface area (Å²) < 4.78 is 0. The van der Waals surface area contributed by atoms with E-state index in [2.05, 4.69) is 32.3 Å². The molecule has 1 aliphatic carbocycles. The maximum atomic E-state index is 8.86. The number of rotatable bonds is 6. The minimum Gasteiger partial charge on any atom is -0.354 e. The van der Waals surface area contributed by atoms with E-state index in [1.807, 2.05) is 12.3 Å². The Labute approximate surface area is 122 Å². The van der Waals surface area contributed by atoms with Crippen LogP contribution in [-0.4, -0.2) is 29.1 Å². The smallest absolute Gasteiger partial charge is 0.226 e. The molecule has 2 aromatic heterocycles. The Kier molecular flexibility index (Phi) is 3.70. The molecule has 0 saturated heterocycles. The van der Waals surface area contributed by atoms with E-state index < -0.39 is 0 Å². The minimum absolute atomic E-state index is 0.530. The van der Waals surface area contributed by atoms with Gasteiger partial charge in [-0.3, -0.25) is 0 Å². The lowest BCUT2D eigenvalue weighted by molar-refractivity contribution is 0.781. The van der Waals surface area contributed by atoms with E-state index in [1.165, 1.54) is 12.8 Å². The van der Waals surface area contributed by atoms with E-state index in [9.17, 15) is 0 Å². The van der Waals surface area contributed by atoms with Gasteiger partial charge in [-0.15, -0.1) is 11.3 Å². The molecule has 1 aliphatic rings. The summed E-state index contributed by atoms with van der Waals surface area (Å²) in [4.78, 5) is 12.5. The van der Waals surface area contributed by atoms with Gasteiger partial charge in [-0.05, 0) is 31.2 Å². The summed E-state index contributed by atoms with van der Waals surface area (Å²) in [6.45, 7) is 3.59. The molecule has 3 rings (SSSR count). The van der Waals surface area contributed by atoms with Gasteiger partial charge in [-0.1, -0.05) is 0 Å². The highest BCUT2D eigenvalue weighted by atomic mass is 32.1. The summed E-state index contributed by atoms with van der Waals surface area (Å²) in [5.41, 5.74) is 0. The van der Waals surface area contributed by atoms with Gasteiger partial charge >= 0.3 is 0 Å². The molecule has 0 bridgehead atoms. The molecule has 0 aliphatic heterocycles. The zero-order valence-electron chi connectivity index (χ0n) is 11.5. The lowest BCUT2D eigenvalue weighted by atomic mass is 10.3. The van der Waals surface area contributed by atoms with Gasteiger partial charge in [-0.2, -0.15) is 10.2 Å². The third kappa shape index (κ3) is 2.54. The van der Waals surface area contributed by atoms with E-state index in [4.69, 9.17) is 5.26 Å². The van der Waals surface area contributed by atoms with Crippen LogP contribution in [0.3, 0.4) is 0 Å². The average Bonchev–Trinajstić information content (AvgIpc) is 3.17. The number of fused-ring (bicyclic) bond motifs is 1. The largest absolute Gasteiger partial charge is 0.354 e. The molecule has 5 nitrogen and oxygen atoms in total. The number of nitriles is 1. The Hall–Kier alpha value is -1.87. The quantitative estimate of drug-likeness (QED) is 0.884.